The van der Waals surface area contributed by atoms with Crippen molar-refractivity contribution in [3.8, 4) is 11.5 Å². The minimum atomic E-state index is -1.71. The maximum Gasteiger partial charge on any atom is 0.331 e. The van der Waals surface area contributed by atoms with E-state index < -0.39 is 43.3 Å². The third kappa shape index (κ3) is 4.02. The number of esters is 1. The van der Waals surface area contributed by atoms with Crippen molar-refractivity contribution in [2.24, 2.45) is 0 Å². The van der Waals surface area contributed by atoms with Gasteiger partial charge in [0.05, 0.1) is 6.61 Å². The molecule has 6 N–H and O–H groups in total. The molecule has 1 heterocycles. The van der Waals surface area contributed by atoms with Gasteiger partial charge in [0.1, 0.15) is 18.3 Å². The van der Waals surface area contributed by atoms with E-state index in [1.807, 2.05) is 0 Å². The van der Waals surface area contributed by atoms with E-state index in [0.717, 1.165) is 6.08 Å². The van der Waals surface area contributed by atoms with Crippen molar-refractivity contribution in [1.29, 1.82) is 0 Å². The zero-order valence-electron chi connectivity index (χ0n) is 12.4. The van der Waals surface area contributed by atoms with Crippen molar-refractivity contribution >= 4 is 12.0 Å². The van der Waals surface area contributed by atoms with E-state index in [2.05, 4.69) is 0 Å². The molecule has 1 fully saturated rings. The van der Waals surface area contributed by atoms with Gasteiger partial charge in [0, 0.05) is 6.08 Å². The van der Waals surface area contributed by atoms with Crippen LogP contribution in [0.15, 0.2) is 24.3 Å². The Kier molecular flexibility index (Phi) is 5.75. The molecule has 2 rings (SSSR count). The number of rotatable bonds is 4. The lowest BCUT2D eigenvalue weighted by atomic mass is 9.99. The zero-order chi connectivity index (χ0) is 17.9. The molecule has 5 atom stereocenters. The van der Waals surface area contributed by atoms with Gasteiger partial charge in [-0.3, -0.25) is 0 Å². The first kappa shape index (κ1) is 18.2. The number of phenols is 2. The highest BCUT2D eigenvalue weighted by molar-refractivity contribution is 5.87. The number of benzene rings is 1. The monoisotopic (exact) mass is 342 g/mol. The zero-order valence-corrected chi connectivity index (χ0v) is 12.4. The average molecular weight is 342 g/mol. The number of aromatic hydroxyl groups is 2. The molecule has 1 aromatic rings. The van der Waals surface area contributed by atoms with Crippen molar-refractivity contribution < 1.29 is 44.9 Å². The smallest absolute Gasteiger partial charge is 0.331 e. The Hall–Kier alpha value is -2.17. The quantitative estimate of drug-likeness (QED) is 0.217. The number of hydrogen-bond donors (Lipinski definition) is 6. The average Bonchev–Trinajstić information content (AvgIpc) is 2.56. The van der Waals surface area contributed by atoms with Gasteiger partial charge in [0.15, 0.2) is 23.9 Å². The van der Waals surface area contributed by atoms with E-state index in [4.69, 9.17) is 14.6 Å². The summed E-state index contributed by atoms with van der Waals surface area (Å²) in [6.45, 7) is -0.625. The summed E-state index contributed by atoms with van der Waals surface area (Å²) in [4.78, 5) is 11.8. The molecular formula is C15H18O9. The van der Waals surface area contributed by atoms with Gasteiger partial charge in [-0.15, -0.1) is 0 Å². The molecule has 0 aromatic heterocycles. The summed E-state index contributed by atoms with van der Waals surface area (Å²) in [5.41, 5.74) is 0.392. The lowest BCUT2D eigenvalue weighted by molar-refractivity contribution is -0.289. The number of phenolic OH excluding ortho intramolecular Hbond substituents is 2. The predicted octanol–water partition coefficient (Wildman–Crippen LogP) is -1.55. The van der Waals surface area contributed by atoms with Gasteiger partial charge in [-0.25, -0.2) is 4.79 Å². The molecule has 0 unspecified atom stereocenters. The molecule has 0 aliphatic carbocycles. The second-order valence-corrected chi connectivity index (χ2v) is 5.21. The van der Waals surface area contributed by atoms with Crippen molar-refractivity contribution in [1.82, 2.24) is 0 Å². The third-order valence-corrected chi connectivity index (χ3v) is 3.51. The van der Waals surface area contributed by atoms with E-state index in [1.165, 1.54) is 24.3 Å². The van der Waals surface area contributed by atoms with Gasteiger partial charge in [-0.2, -0.15) is 0 Å². The molecule has 1 aromatic carbocycles. The second-order valence-electron chi connectivity index (χ2n) is 5.21. The number of aliphatic hydroxyl groups is 4. The minimum absolute atomic E-state index is 0.312. The van der Waals surface area contributed by atoms with Gasteiger partial charge >= 0.3 is 5.97 Å². The standard InChI is InChI=1S/C15H18O9/c16-6-10-12(20)13(21)14(15(22)23-10)24-11(19)4-2-7-1-3-8(17)9(18)5-7/h1-5,10,12-18,20-22H,6H2/t10-,12-,13+,14-,15-/m1/s1. The Labute approximate surface area is 136 Å². The first-order chi connectivity index (χ1) is 11.3. The Balaban J connectivity index is 2.00. The molecule has 24 heavy (non-hydrogen) atoms. The largest absolute Gasteiger partial charge is 0.504 e. The summed E-state index contributed by atoms with van der Waals surface area (Å²) in [6, 6.07) is 3.87. The number of carbonyl (C=O) groups is 1. The van der Waals surface area contributed by atoms with Crippen molar-refractivity contribution in [2.75, 3.05) is 6.61 Å². The van der Waals surface area contributed by atoms with E-state index in [0.29, 0.717) is 5.56 Å². The molecule has 1 saturated heterocycles. The molecular weight excluding hydrogens is 324 g/mol. The van der Waals surface area contributed by atoms with Crippen molar-refractivity contribution in [3.63, 3.8) is 0 Å². The van der Waals surface area contributed by atoms with Crippen LogP contribution in [0.3, 0.4) is 0 Å². The fourth-order valence-corrected chi connectivity index (χ4v) is 2.18. The Morgan fingerprint density at radius 2 is 1.88 bits per heavy atom. The van der Waals surface area contributed by atoms with Crippen LogP contribution in [0.1, 0.15) is 5.56 Å². The van der Waals surface area contributed by atoms with Crippen LogP contribution in [0, 0.1) is 0 Å². The number of aliphatic hydroxyl groups excluding tert-OH is 4. The molecule has 0 bridgehead atoms. The minimum Gasteiger partial charge on any atom is -0.504 e. The summed E-state index contributed by atoms with van der Waals surface area (Å²) in [5, 5.41) is 56.7. The van der Waals surface area contributed by atoms with Crippen molar-refractivity contribution in [3.05, 3.63) is 29.8 Å². The first-order valence-corrected chi connectivity index (χ1v) is 7.04. The van der Waals surface area contributed by atoms with E-state index in [1.54, 1.807) is 0 Å². The normalized spacial score (nSPS) is 30.4. The second kappa shape index (κ2) is 7.60. The summed E-state index contributed by atoms with van der Waals surface area (Å²) in [5.74, 6) is -1.62. The Morgan fingerprint density at radius 1 is 1.17 bits per heavy atom. The van der Waals surface area contributed by atoms with E-state index in [-0.39, 0.29) is 11.5 Å². The van der Waals surface area contributed by atoms with Crippen molar-refractivity contribution in [2.45, 2.75) is 30.7 Å². The highest BCUT2D eigenvalue weighted by Crippen LogP contribution is 2.26. The molecule has 0 amide bonds. The number of ether oxygens (including phenoxy) is 2. The maximum atomic E-state index is 11.8. The molecule has 1 aliphatic heterocycles. The summed E-state index contributed by atoms with van der Waals surface area (Å²) < 4.78 is 9.71. The van der Waals surface area contributed by atoms with Crippen LogP contribution in [-0.2, 0) is 14.3 Å². The predicted molar refractivity (Wildman–Crippen MR) is 78.7 cm³/mol. The topological polar surface area (TPSA) is 157 Å². The highest BCUT2D eigenvalue weighted by atomic mass is 16.7. The van der Waals surface area contributed by atoms with Crippen LogP contribution in [0.5, 0.6) is 11.5 Å². The van der Waals surface area contributed by atoms with Gasteiger partial charge in [0.2, 0.25) is 0 Å². The van der Waals surface area contributed by atoms with Gasteiger partial charge in [0.25, 0.3) is 0 Å². The lowest BCUT2D eigenvalue weighted by Crippen LogP contribution is -2.59. The molecule has 9 nitrogen and oxygen atoms in total. The fourth-order valence-electron chi connectivity index (χ4n) is 2.18. The first-order valence-electron chi connectivity index (χ1n) is 7.04. The molecule has 0 saturated carbocycles. The van der Waals surface area contributed by atoms with Crippen LogP contribution in [-0.4, -0.2) is 73.9 Å². The third-order valence-electron chi connectivity index (χ3n) is 3.51. The van der Waals surface area contributed by atoms with E-state index in [9.17, 15) is 30.3 Å². The molecule has 0 radical (unpaired) electrons. The number of carbonyl (C=O) groups excluding carboxylic acids is 1. The SMILES string of the molecule is O=C(C=Cc1ccc(O)c(O)c1)O[C@@H]1[C@@H](O)[C@H](O)[C@@H](CO)O[C@H]1O. The van der Waals surface area contributed by atoms with Crippen LogP contribution >= 0.6 is 0 Å². The lowest BCUT2D eigenvalue weighted by Gasteiger charge is -2.39. The van der Waals surface area contributed by atoms with Gasteiger partial charge in [-0.05, 0) is 23.8 Å². The molecule has 132 valence electrons. The number of hydrogen-bond acceptors (Lipinski definition) is 9. The Morgan fingerprint density at radius 3 is 2.50 bits per heavy atom. The van der Waals surface area contributed by atoms with Gasteiger partial charge in [-0.1, -0.05) is 6.07 Å². The van der Waals surface area contributed by atoms with Crippen LogP contribution in [0.2, 0.25) is 0 Å². The fraction of sp³-hybridized carbons (Fsp3) is 0.400. The van der Waals surface area contributed by atoms with Crippen LogP contribution < -0.4 is 0 Å². The van der Waals surface area contributed by atoms with Crippen LogP contribution in [0.4, 0.5) is 0 Å². The summed E-state index contributed by atoms with van der Waals surface area (Å²) in [6.07, 6.45) is -5.37. The van der Waals surface area contributed by atoms with Gasteiger partial charge < -0.3 is 40.1 Å². The summed E-state index contributed by atoms with van der Waals surface area (Å²) in [7, 11) is 0. The maximum absolute atomic E-state index is 11.8. The Bertz CT molecular complexity index is 615. The molecule has 9 heteroatoms. The molecule has 1 aliphatic rings. The summed E-state index contributed by atoms with van der Waals surface area (Å²) >= 11 is 0. The van der Waals surface area contributed by atoms with Crippen LogP contribution in [0.25, 0.3) is 6.08 Å². The highest BCUT2D eigenvalue weighted by Gasteiger charge is 2.45. The van der Waals surface area contributed by atoms with E-state index >= 15 is 0 Å². The molecule has 0 spiro atoms.